The van der Waals surface area contributed by atoms with Gasteiger partial charge in [-0.2, -0.15) is 5.10 Å². The first kappa shape index (κ1) is 22.7. The van der Waals surface area contributed by atoms with E-state index in [-0.39, 0.29) is 30.2 Å². The number of carbonyl (C=O) groups excluding carboxylic acids is 2. The van der Waals surface area contributed by atoms with E-state index < -0.39 is 0 Å². The summed E-state index contributed by atoms with van der Waals surface area (Å²) in [5, 5.41) is 27.0. The standard InChI is InChI=1S/C22H27N7O3S/c1-13-3-4-16(30)14(2)20(13)27-21(32)17-11-24-22(33-17)26-18-7-10-29(28-18)12-19(31)25-15-5-8-23-9-6-15/h3-4,7,10-11,15,23,30H,5-6,8-9,12H2,1-2H3,(H,25,31)(H,27,32)(H,24,26,28). The predicted octanol–water partition coefficient (Wildman–Crippen LogP) is 2.53. The number of amides is 2. The van der Waals surface area contributed by atoms with Gasteiger partial charge in [-0.3, -0.25) is 14.3 Å². The topological polar surface area (TPSA) is 133 Å². The average Bonchev–Trinajstić information content (AvgIpc) is 3.44. The van der Waals surface area contributed by atoms with E-state index in [1.165, 1.54) is 17.5 Å². The van der Waals surface area contributed by atoms with Gasteiger partial charge in [0.25, 0.3) is 5.91 Å². The molecule has 1 aliphatic heterocycles. The van der Waals surface area contributed by atoms with Crippen molar-refractivity contribution in [2.45, 2.75) is 39.3 Å². The highest BCUT2D eigenvalue weighted by molar-refractivity contribution is 7.17. The van der Waals surface area contributed by atoms with Gasteiger partial charge in [-0.25, -0.2) is 4.98 Å². The largest absolute Gasteiger partial charge is 0.508 e. The second kappa shape index (κ2) is 10.0. The van der Waals surface area contributed by atoms with E-state index in [4.69, 9.17) is 0 Å². The number of nitrogens with zero attached hydrogens (tertiary/aromatic N) is 3. The van der Waals surface area contributed by atoms with Crippen LogP contribution in [0, 0.1) is 13.8 Å². The van der Waals surface area contributed by atoms with Gasteiger partial charge in [-0.15, -0.1) is 0 Å². The van der Waals surface area contributed by atoms with Crippen LogP contribution in [0.4, 0.5) is 16.6 Å². The van der Waals surface area contributed by atoms with E-state index in [9.17, 15) is 14.7 Å². The maximum atomic E-state index is 12.7. The summed E-state index contributed by atoms with van der Waals surface area (Å²) in [6.45, 7) is 5.59. The first-order chi connectivity index (χ1) is 15.9. The highest BCUT2D eigenvalue weighted by Crippen LogP contribution is 2.29. The quantitative estimate of drug-likeness (QED) is 0.359. The summed E-state index contributed by atoms with van der Waals surface area (Å²) in [7, 11) is 0. The SMILES string of the molecule is Cc1ccc(O)c(C)c1NC(=O)c1cnc(Nc2ccn(CC(=O)NC3CCNCC3)n2)s1. The molecular weight excluding hydrogens is 442 g/mol. The number of phenolic OH excluding ortho intramolecular Hbond substituents is 1. The minimum atomic E-state index is -0.308. The number of benzene rings is 1. The third-order valence-electron chi connectivity index (χ3n) is 5.50. The molecule has 1 saturated heterocycles. The molecule has 4 rings (SSSR count). The maximum Gasteiger partial charge on any atom is 0.267 e. The molecule has 0 radical (unpaired) electrons. The minimum absolute atomic E-state index is 0.0673. The molecule has 0 saturated carbocycles. The van der Waals surface area contributed by atoms with E-state index in [1.807, 2.05) is 6.92 Å². The maximum absolute atomic E-state index is 12.7. The van der Waals surface area contributed by atoms with Gasteiger partial charge in [-0.1, -0.05) is 17.4 Å². The number of thiazole rings is 1. The minimum Gasteiger partial charge on any atom is -0.508 e. The van der Waals surface area contributed by atoms with Crippen molar-refractivity contribution in [2.24, 2.45) is 0 Å². The number of hydrogen-bond acceptors (Lipinski definition) is 8. The van der Waals surface area contributed by atoms with Crippen molar-refractivity contribution in [1.82, 2.24) is 25.4 Å². The van der Waals surface area contributed by atoms with Crippen LogP contribution >= 0.6 is 11.3 Å². The second-order valence-electron chi connectivity index (χ2n) is 8.00. The van der Waals surface area contributed by atoms with Crippen LogP contribution in [0.5, 0.6) is 5.75 Å². The number of hydrogen-bond donors (Lipinski definition) is 5. The van der Waals surface area contributed by atoms with Crippen LogP contribution in [0.1, 0.15) is 33.6 Å². The van der Waals surface area contributed by atoms with Gasteiger partial charge in [0.1, 0.15) is 17.2 Å². The van der Waals surface area contributed by atoms with Crippen LogP contribution in [0.15, 0.2) is 30.6 Å². The molecular formula is C22H27N7O3S. The van der Waals surface area contributed by atoms with Crippen LogP contribution in [-0.2, 0) is 11.3 Å². The molecule has 1 aliphatic rings. The van der Waals surface area contributed by atoms with Crippen molar-refractivity contribution < 1.29 is 14.7 Å². The summed E-state index contributed by atoms with van der Waals surface area (Å²) >= 11 is 1.19. The Labute approximate surface area is 195 Å². The van der Waals surface area contributed by atoms with Gasteiger partial charge in [0.2, 0.25) is 5.91 Å². The summed E-state index contributed by atoms with van der Waals surface area (Å²) in [6, 6.07) is 5.31. The fourth-order valence-electron chi connectivity index (χ4n) is 3.65. The van der Waals surface area contributed by atoms with Crippen LogP contribution in [0.25, 0.3) is 0 Å². The number of aromatic hydroxyl groups is 1. The number of rotatable bonds is 7. The van der Waals surface area contributed by atoms with Gasteiger partial charge in [0.15, 0.2) is 10.9 Å². The highest BCUT2D eigenvalue weighted by Gasteiger charge is 2.17. The Morgan fingerprint density at radius 3 is 2.82 bits per heavy atom. The molecule has 0 aliphatic carbocycles. The molecule has 0 bridgehead atoms. The Morgan fingerprint density at radius 1 is 1.24 bits per heavy atom. The van der Waals surface area contributed by atoms with Crippen molar-refractivity contribution in [2.75, 3.05) is 23.7 Å². The van der Waals surface area contributed by atoms with Crippen LogP contribution < -0.4 is 21.3 Å². The van der Waals surface area contributed by atoms with Crippen molar-refractivity contribution in [3.05, 3.63) is 46.6 Å². The molecule has 3 aromatic rings. The molecule has 10 nitrogen and oxygen atoms in total. The Morgan fingerprint density at radius 2 is 2.03 bits per heavy atom. The molecule has 2 amide bonds. The zero-order valence-corrected chi connectivity index (χ0v) is 19.3. The summed E-state index contributed by atoms with van der Waals surface area (Å²) in [5.74, 6) is 0.285. The Balaban J connectivity index is 1.33. The first-order valence-corrected chi connectivity index (χ1v) is 11.6. The van der Waals surface area contributed by atoms with Crippen LogP contribution in [-0.4, -0.2) is 50.8 Å². The number of phenols is 1. The van der Waals surface area contributed by atoms with E-state index >= 15 is 0 Å². The summed E-state index contributed by atoms with van der Waals surface area (Å²) < 4.78 is 1.56. The van der Waals surface area contributed by atoms with Crippen molar-refractivity contribution in [3.8, 4) is 5.75 Å². The second-order valence-corrected chi connectivity index (χ2v) is 9.03. The van der Waals surface area contributed by atoms with E-state index in [1.54, 1.807) is 36.0 Å². The monoisotopic (exact) mass is 469 g/mol. The lowest BCUT2D eigenvalue weighted by molar-refractivity contribution is -0.122. The van der Waals surface area contributed by atoms with Gasteiger partial charge < -0.3 is 26.4 Å². The number of aryl methyl sites for hydroxylation is 1. The van der Waals surface area contributed by atoms with Crippen LogP contribution in [0.3, 0.4) is 0 Å². The van der Waals surface area contributed by atoms with Crippen molar-refractivity contribution >= 4 is 39.8 Å². The zero-order chi connectivity index (χ0) is 23.4. The fourth-order valence-corrected chi connectivity index (χ4v) is 4.37. The number of aromatic nitrogens is 3. The summed E-state index contributed by atoms with van der Waals surface area (Å²) in [5.41, 5.74) is 2.06. The molecule has 5 N–H and O–H groups in total. The molecule has 1 fully saturated rings. The highest BCUT2D eigenvalue weighted by atomic mass is 32.1. The van der Waals surface area contributed by atoms with E-state index in [0.717, 1.165) is 31.5 Å². The van der Waals surface area contributed by atoms with Gasteiger partial charge in [0.05, 0.1) is 11.9 Å². The number of carbonyl (C=O) groups is 2. The average molecular weight is 470 g/mol. The molecule has 0 atom stereocenters. The zero-order valence-electron chi connectivity index (χ0n) is 18.5. The molecule has 3 heterocycles. The number of anilines is 3. The molecule has 11 heteroatoms. The Bertz CT molecular complexity index is 1150. The predicted molar refractivity (Wildman–Crippen MR) is 127 cm³/mol. The molecule has 0 spiro atoms. The normalized spacial score (nSPS) is 14.1. The lowest BCUT2D eigenvalue weighted by Crippen LogP contribution is -2.43. The lowest BCUT2D eigenvalue weighted by Gasteiger charge is -2.23. The molecule has 1 aromatic carbocycles. The van der Waals surface area contributed by atoms with Gasteiger partial charge in [-0.05, 0) is 51.4 Å². The van der Waals surface area contributed by atoms with Crippen LogP contribution in [0.2, 0.25) is 0 Å². The lowest BCUT2D eigenvalue weighted by atomic mass is 10.1. The van der Waals surface area contributed by atoms with Gasteiger partial charge >= 0.3 is 0 Å². The molecule has 33 heavy (non-hydrogen) atoms. The van der Waals surface area contributed by atoms with Gasteiger partial charge in [0, 0.05) is 23.9 Å². The molecule has 174 valence electrons. The van der Waals surface area contributed by atoms with E-state index in [0.29, 0.717) is 27.1 Å². The van der Waals surface area contributed by atoms with Crippen molar-refractivity contribution in [3.63, 3.8) is 0 Å². The smallest absolute Gasteiger partial charge is 0.267 e. The third kappa shape index (κ3) is 5.68. The molecule has 0 unspecified atom stereocenters. The molecule has 2 aromatic heterocycles. The third-order valence-corrected chi connectivity index (χ3v) is 6.41. The summed E-state index contributed by atoms with van der Waals surface area (Å²) in [6.07, 6.45) is 5.07. The van der Waals surface area contributed by atoms with Crippen molar-refractivity contribution in [1.29, 1.82) is 0 Å². The number of piperidine rings is 1. The van der Waals surface area contributed by atoms with E-state index in [2.05, 4.69) is 31.3 Å². The number of nitrogens with one attached hydrogen (secondary N) is 4. The fraction of sp³-hybridized carbons (Fsp3) is 0.364. The Kier molecular flexibility index (Phi) is 6.90. The Hall–Kier alpha value is -3.44. The summed E-state index contributed by atoms with van der Waals surface area (Å²) in [4.78, 5) is 29.6. The first-order valence-electron chi connectivity index (χ1n) is 10.8.